The van der Waals surface area contributed by atoms with E-state index in [0.29, 0.717) is 0 Å². The first-order valence-corrected chi connectivity index (χ1v) is 3.31. The van der Waals surface area contributed by atoms with Crippen LogP contribution in [0.3, 0.4) is 0 Å². The van der Waals surface area contributed by atoms with Gasteiger partial charge in [-0.2, -0.15) is 0 Å². The minimum Gasteiger partial charge on any atom is -0.261 e. The second kappa shape index (κ2) is 6.02. The molecule has 0 saturated carbocycles. The maximum atomic E-state index is 4.10. The van der Waals surface area contributed by atoms with Crippen molar-refractivity contribution in [2.45, 2.75) is 13.3 Å². The smallest absolute Gasteiger partial charge is 0.0400 e. The summed E-state index contributed by atoms with van der Waals surface area (Å²) < 4.78 is 0. The van der Waals surface area contributed by atoms with E-state index in [1.165, 1.54) is 0 Å². The minimum absolute atomic E-state index is 0.927. The van der Waals surface area contributed by atoms with E-state index in [4.69, 9.17) is 0 Å². The summed E-state index contributed by atoms with van der Waals surface area (Å²) in [5.74, 6) is 0. The molecule has 0 unspecified atom stereocenters. The Balaban J connectivity index is 4.06. The normalized spacial score (nSPS) is 11.9. The predicted molar refractivity (Wildman–Crippen MR) is 47.3 cm³/mol. The first-order valence-electron chi connectivity index (χ1n) is 3.31. The molecule has 0 fully saturated rings. The number of nitrogens with zero attached hydrogens (tertiary/aromatic N) is 1. The van der Waals surface area contributed by atoms with Gasteiger partial charge in [-0.25, -0.2) is 0 Å². The van der Waals surface area contributed by atoms with E-state index in [1.54, 1.807) is 18.4 Å². The van der Waals surface area contributed by atoms with Gasteiger partial charge in [0.25, 0.3) is 0 Å². The summed E-state index contributed by atoms with van der Waals surface area (Å²) in [5.41, 5.74) is 1.02. The van der Waals surface area contributed by atoms with Gasteiger partial charge >= 0.3 is 0 Å². The van der Waals surface area contributed by atoms with E-state index in [1.807, 2.05) is 6.08 Å². The molecule has 0 N–H and O–H groups in total. The molecule has 1 heteroatoms. The average molecular weight is 135 g/mol. The summed E-state index contributed by atoms with van der Waals surface area (Å²) >= 11 is 0. The van der Waals surface area contributed by atoms with Crippen LogP contribution in [0.1, 0.15) is 13.3 Å². The maximum Gasteiger partial charge on any atom is 0.0400 e. The van der Waals surface area contributed by atoms with Gasteiger partial charge in [0.15, 0.2) is 0 Å². The van der Waals surface area contributed by atoms with Crippen molar-refractivity contribution in [2.24, 2.45) is 4.99 Å². The zero-order valence-electron chi connectivity index (χ0n) is 6.38. The van der Waals surface area contributed by atoms with Crippen molar-refractivity contribution in [3.63, 3.8) is 0 Å². The molecule has 0 aliphatic heterocycles. The summed E-state index contributed by atoms with van der Waals surface area (Å²) in [7, 11) is 0. The molecule has 1 nitrogen and oxygen atoms in total. The van der Waals surface area contributed by atoms with Gasteiger partial charge in [-0.1, -0.05) is 32.2 Å². The van der Waals surface area contributed by atoms with Crippen LogP contribution in [0.4, 0.5) is 0 Å². The lowest BCUT2D eigenvalue weighted by atomic mass is 10.3. The van der Waals surface area contributed by atoms with Crippen LogP contribution in [0.25, 0.3) is 0 Å². The van der Waals surface area contributed by atoms with E-state index >= 15 is 0 Å². The molecular formula is C9H13N. The van der Waals surface area contributed by atoms with Gasteiger partial charge in [-0.15, -0.1) is 0 Å². The highest BCUT2D eigenvalue weighted by molar-refractivity contribution is 5.71. The van der Waals surface area contributed by atoms with Crippen molar-refractivity contribution < 1.29 is 0 Å². The standard InChI is InChI=1S/C9H13N/c1-4-7-9(6-3)10-8-5-2/h4-5,7-8H,1-2,6H2,3H3/b9-7+,10-8?. The summed E-state index contributed by atoms with van der Waals surface area (Å²) in [6, 6.07) is 0. The molecule has 10 heavy (non-hydrogen) atoms. The maximum absolute atomic E-state index is 4.10. The lowest BCUT2D eigenvalue weighted by Gasteiger charge is -1.90. The predicted octanol–water partition coefficient (Wildman–Crippen LogP) is 2.72. The molecule has 0 heterocycles. The average Bonchev–Trinajstić information content (AvgIpc) is 1.98. The molecule has 0 amide bonds. The Bertz CT molecular complexity index is 164. The topological polar surface area (TPSA) is 12.4 Å². The minimum atomic E-state index is 0.927. The molecule has 0 rings (SSSR count). The van der Waals surface area contributed by atoms with Crippen molar-refractivity contribution in [3.05, 3.63) is 37.1 Å². The summed E-state index contributed by atoms with van der Waals surface area (Å²) in [5, 5.41) is 0. The number of rotatable bonds is 4. The molecule has 0 aromatic rings. The van der Waals surface area contributed by atoms with Gasteiger partial charge in [-0.05, 0) is 12.5 Å². The third-order valence-electron chi connectivity index (χ3n) is 1.02. The molecule has 0 spiro atoms. The van der Waals surface area contributed by atoms with E-state index in [-0.39, 0.29) is 0 Å². The van der Waals surface area contributed by atoms with Gasteiger partial charge in [0.1, 0.15) is 0 Å². The van der Waals surface area contributed by atoms with Crippen LogP contribution < -0.4 is 0 Å². The van der Waals surface area contributed by atoms with Crippen molar-refractivity contribution in [1.82, 2.24) is 0 Å². The van der Waals surface area contributed by atoms with Gasteiger partial charge in [0.2, 0.25) is 0 Å². The Morgan fingerprint density at radius 1 is 1.40 bits per heavy atom. The van der Waals surface area contributed by atoms with Gasteiger partial charge in [0.05, 0.1) is 0 Å². The van der Waals surface area contributed by atoms with Crippen LogP contribution in [0.5, 0.6) is 0 Å². The molecule has 0 radical (unpaired) electrons. The van der Waals surface area contributed by atoms with Crippen LogP contribution in [-0.2, 0) is 0 Å². The highest BCUT2D eigenvalue weighted by Gasteiger charge is 1.82. The Morgan fingerprint density at radius 2 is 2.10 bits per heavy atom. The fourth-order valence-corrected chi connectivity index (χ4v) is 0.537. The van der Waals surface area contributed by atoms with Crippen molar-refractivity contribution >= 4 is 6.21 Å². The Kier molecular flexibility index (Phi) is 5.35. The van der Waals surface area contributed by atoms with E-state index in [9.17, 15) is 0 Å². The third kappa shape index (κ3) is 3.84. The second-order valence-electron chi connectivity index (χ2n) is 1.76. The van der Waals surface area contributed by atoms with Gasteiger partial charge < -0.3 is 0 Å². The molecule has 0 atom stereocenters. The molecular weight excluding hydrogens is 122 g/mol. The number of allylic oxidation sites excluding steroid dienone is 4. The van der Waals surface area contributed by atoms with Crippen LogP contribution in [0.15, 0.2) is 42.1 Å². The number of hydrogen-bond acceptors (Lipinski definition) is 1. The first kappa shape index (κ1) is 8.89. The van der Waals surface area contributed by atoms with Crippen LogP contribution in [0.2, 0.25) is 0 Å². The fourth-order valence-electron chi connectivity index (χ4n) is 0.537. The van der Waals surface area contributed by atoms with Crippen LogP contribution >= 0.6 is 0 Å². The van der Waals surface area contributed by atoms with E-state index in [2.05, 4.69) is 25.1 Å². The van der Waals surface area contributed by atoms with Crippen molar-refractivity contribution in [1.29, 1.82) is 0 Å². The SMILES string of the molecule is C=CC=N/C(=C/C=C)CC. The second-order valence-corrected chi connectivity index (χ2v) is 1.76. The van der Waals surface area contributed by atoms with Gasteiger partial charge in [0, 0.05) is 11.9 Å². The summed E-state index contributed by atoms with van der Waals surface area (Å²) in [6.07, 6.45) is 7.89. The Hall–Kier alpha value is -1.11. The van der Waals surface area contributed by atoms with E-state index < -0.39 is 0 Å². The highest BCUT2D eigenvalue weighted by atomic mass is 14.7. The van der Waals surface area contributed by atoms with Crippen molar-refractivity contribution in [3.8, 4) is 0 Å². The zero-order valence-corrected chi connectivity index (χ0v) is 6.38. The molecule has 0 bridgehead atoms. The Morgan fingerprint density at radius 3 is 2.50 bits per heavy atom. The zero-order chi connectivity index (χ0) is 7.82. The molecule has 0 aromatic carbocycles. The summed E-state index contributed by atoms with van der Waals surface area (Å²) in [6.45, 7) is 9.16. The molecule has 54 valence electrons. The molecule has 0 aliphatic rings. The molecule has 0 aliphatic carbocycles. The van der Waals surface area contributed by atoms with E-state index in [0.717, 1.165) is 12.1 Å². The fraction of sp³-hybridized carbons (Fsp3) is 0.222. The molecule has 0 saturated heterocycles. The summed E-state index contributed by atoms with van der Waals surface area (Å²) in [4.78, 5) is 4.10. The van der Waals surface area contributed by atoms with Crippen LogP contribution in [-0.4, -0.2) is 6.21 Å². The first-order chi connectivity index (χ1) is 4.85. The molecule has 0 aromatic heterocycles. The van der Waals surface area contributed by atoms with Crippen molar-refractivity contribution in [2.75, 3.05) is 0 Å². The largest absolute Gasteiger partial charge is 0.261 e. The third-order valence-corrected chi connectivity index (χ3v) is 1.02. The lowest BCUT2D eigenvalue weighted by Crippen LogP contribution is -1.73. The van der Waals surface area contributed by atoms with Crippen LogP contribution in [0, 0.1) is 0 Å². The Labute approximate surface area is 62.5 Å². The monoisotopic (exact) mass is 135 g/mol. The highest BCUT2D eigenvalue weighted by Crippen LogP contribution is 2.00. The quantitative estimate of drug-likeness (QED) is 0.415. The van der Waals surface area contributed by atoms with Gasteiger partial charge in [-0.3, -0.25) is 4.99 Å². The number of aliphatic imine (C=N–C) groups is 1. The number of hydrogen-bond donors (Lipinski definition) is 0. The lowest BCUT2D eigenvalue weighted by molar-refractivity contribution is 1.07.